The molecule has 1 saturated heterocycles. The predicted octanol–water partition coefficient (Wildman–Crippen LogP) is 7.19. The van der Waals surface area contributed by atoms with Gasteiger partial charge in [-0.25, -0.2) is 0 Å². The number of hydrogen-bond acceptors (Lipinski definition) is 4. The van der Waals surface area contributed by atoms with Crippen molar-refractivity contribution in [1.29, 1.82) is 0 Å². The Morgan fingerprint density at radius 3 is 1.22 bits per heavy atom. The van der Waals surface area contributed by atoms with Gasteiger partial charge in [0.2, 0.25) is 0 Å². The van der Waals surface area contributed by atoms with Crippen molar-refractivity contribution in [1.82, 2.24) is 0 Å². The number of hydrogen-bond donors (Lipinski definition) is 0. The van der Waals surface area contributed by atoms with Crippen molar-refractivity contribution in [3.63, 3.8) is 0 Å². The van der Waals surface area contributed by atoms with Gasteiger partial charge in [-0.15, -0.1) is 0 Å². The highest BCUT2D eigenvalue weighted by Gasteiger charge is 2.22. The fourth-order valence-electron chi connectivity index (χ4n) is 0.533. The molecule has 4 nitrogen and oxygen atoms in total. The SMILES string of the molecule is CC1(C)COPOC1.O=P(Cl)(Cl)Cl.O=P(Cl)(Cl)Cl. The molecule has 0 aromatic carbocycles. The van der Waals surface area contributed by atoms with E-state index < -0.39 is 10.4 Å². The van der Waals surface area contributed by atoms with Gasteiger partial charge in [0.25, 0.3) is 0 Å². The first-order valence-corrected chi connectivity index (χ1v) is 13.7. The van der Waals surface area contributed by atoms with E-state index in [-0.39, 0.29) is 14.4 Å². The van der Waals surface area contributed by atoms with Crippen molar-refractivity contribution in [2.75, 3.05) is 13.2 Å². The highest BCUT2D eigenvalue weighted by molar-refractivity contribution is 8.25. The molecule has 1 heterocycles. The number of halogens is 6. The third-order valence-corrected chi connectivity index (χ3v) is 1.57. The maximum Gasteiger partial charge on any atom is 0.339 e. The van der Waals surface area contributed by atoms with Crippen LogP contribution in [0, 0.1) is 5.41 Å². The zero-order chi connectivity index (χ0) is 15.0. The van der Waals surface area contributed by atoms with Crippen LogP contribution in [0.5, 0.6) is 0 Å². The Bertz CT molecular complexity index is 270. The lowest BCUT2D eigenvalue weighted by atomic mass is 9.97. The summed E-state index contributed by atoms with van der Waals surface area (Å²) in [5.74, 6) is 0. The van der Waals surface area contributed by atoms with Gasteiger partial charge in [0.1, 0.15) is 0 Å². The quantitative estimate of drug-likeness (QED) is 0.374. The summed E-state index contributed by atoms with van der Waals surface area (Å²) >= 11 is 27.7. The molecule has 0 spiro atoms. The van der Waals surface area contributed by atoms with Crippen molar-refractivity contribution in [3.05, 3.63) is 0 Å². The summed E-state index contributed by atoms with van der Waals surface area (Å²) in [6.07, 6.45) is 0. The third kappa shape index (κ3) is 36.3. The van der Waals surface area contributed by atoms with Crippen LogP contribution in [-0.2, 0) is 18.2 Å². The first-order chi connectivity index (χ1) is 7.71. The summed E-state index contributed by atoms with van der Waals surface area (Å²) in [6, 6.07) is 0. The van der Waals surface area contributed by atoms with Gasteiger partial charge in [-0.05, 0) is 67.4 Å². The lowest BCUT2D eigenvalue weighted by molar-refractivity contribution is 0.0714. The van der Waals surface area contributed by atoms with Gasteiger partial charge in [-0.2, -0.15) is 0 Å². The largest absolute Gasteiger partial charge is 0.339 e. The second-order valence-corrected chi connectivity index (χ2v) is 17.6. The Kier molecular flexibility index (Phi) is 13.1. The van der Waals surface area contributed by atoms with E-state index in [0.29, 0.717) is 0 Å². The Morgan fingerprint density at radius 1 is 0.889 bits per heavy atom. The molecule has 0 saturated carbocycles. The Hall–Kier alpha value is 2.55. The van der Waals surface area contributed by atoms with Crippen LogP contribution in [0.4, 0.5) is 0 Å². The van der Waals surface area contributed by atoms with Crippen molar-refractivity contribution < 1.29 is 18.2 Å². The van der Waals surface area contributed by atoms with Crippen molar-refractivity contribution in [2.24, 2.45) is 5.41 Å². The van der Waals surface area contributed by atoms with E-state index in [0.717, 1.165) is 13.2 Å². The molecule has 0 N–H and O–H groups in total. The van der Waals surface area contributed by atoms with Crippen LogP contribution in [0.15, 0.2) is 0 Å². The van der Waals surface area contributed by atoms with Gasteiger partial charge >= 0.3 is 10.4 Å². The van der Waals surface area contributed by atoms with Crippen LogP contribution in [0.1, 0.15) is 13.8 Å². The van der Waals surface area contributed by atoms with E-state index in [4.69, 9.17) is 9.05 Å². The molecule has 0 amide bonds. The highest BCUT2D eigenvalue weighted by atomic mass is 36.1. The predicted molar refractivity (Wildman–Crippen MR) is 84.3 cm³/mol. The minimum atomic E-state index is -3.22. The van der Waals surface area contributed by atoms with E-state index in [1.807, 2.05) is 0 Å². The fourth-order valence-corrected chi connectivity index (χ4v) is 1.52. The molecule has 0 aliphatic carbocycles. The average molecular weight is 441 g/mol. The molecule has 0 unspecified atom stereocenters. The van der Waals surface area contributed by atoms with Crippen molar-refractivity contribution >= 4 is 86.9 Å². The zero-order valence-corrected chi connectivity index (χ0v) is 16.5. The molecule has 0 radical (unpaired) electrons. The minimum absolute atomic E-state index is 0.241. The second-order valence-electron chi connectivity index (χ2n) is 3.62. The van der Waals surface area contributed by atoms with Crippen LogP contribution < -0.4 is 0 Å². The van der Waals surface area contributed by atoms with E-state index in [2.05, 4.69) is 81.3 Å². The summed E-state index contributed by atoms with van der Waals surface area (Å²) in [7, 11) is 0.268. The smallest absolute Gasteiger partial charge is 0.336 e. The molecule has 0 aromatic heterocycles. The first-order valence-electron chi connectivity index (χ1n) is 4.07. The summed E-state index contributed by atoms with van der Waals surface area (Å²) in [4.78, 5) is 0. The summed E-state index contributed by atoms with van der Waals surface area (Å²) in [5, 5.41) is -6.44. The summed E-state index contributed by atoms with van der Waals surface area (Å²) in [5.41, 5.74) is 0.241. The Balaban J connectivity index is 0. The van der Waals surface area contributed by atoms with Crippen molar-refractivity contribution in [2.45, 2.75) is 13.8 Å². The molecule has 13 heteroatoms. The van der Waals surface area contributed by atoms with Crippen LogP contribution in [-0.4, -0.2) is 13.2 Å². The standard InChI is InChI=1S/C5H11O2P.2Cl3OP/c1-5(2)3-6-8-7-4-5;2*1-5(2,3)4/h8H,3-4H2,1-2H3;;. The van der Waals surface area contributed by atoms with Crippen LogP contribution in [0.3, 0.4) is 0 Å². The van der Waals surface area contributed by atoms with Gasteiger partial charge in [0.05, 0.1) is 13.2 Å². The van der Waals surface area contributed by atoms with E-state index in [1.165, 1.54) is 0 Å². The molecule has 0 aromatic rings. The van der Waals surface area contributed by atoms with E-state index in [1.54, 1.807) is 0 Å². The van der Waals surface area contributed by atoms with Gasteiger partial charge in [0, 0.05) is 5.41 Å². The lowest BCUT2D eigenvalue weighted by Gasteiger charge is -2.27. The Morgan fingerprint density at radius 2 is 1.11 bits per heavy atom. The normalized spacial score (nSPS) is 18.9. The first kappa shape index (κ1) is 22.8. The number of rotatable bonds is 0. The van der Waals surface area contributed by atoms with Gasteiger partial charge in [-0.1, -0.05) is 13.8 Å². The van der Waals surface area contributed by atoms with Gasteiger partial charge < -0.3 is 9.05 Å². The second kappa shape index (κ2) is 10.3. The molecule has 18 heavy (non-hydrogen) atoms. The summed E-state index contributed by atoms with van der Waals surface area (Å²) < 4.78 is 29.2. The molecule has 0 atom stereocenters. The third-order valence-electron chi connectivity index (χ3n) is 1.04. The average Bonchev–Trinajstić information content (AvgIpc) is 1.96. The lowest BCUT2D eigenvalue weighted by Crippen LogP contribution is -2.25. The molecule has 0 bridgehead atoms. The van der Waals surface area contributed by atoms with E-state index >= 15 is 0 Å². The van der Waals surface area contributed by atoms with Crippen LogP contribution in [0.25, 0.3) is 0 Å². The molecule has 1 aliphatic rings. The molecule has 1 rings (SSSR count). The van der Waals surface area contributed by atoms with Crippen LogP contribution >= 0.6 is 86.9 Å². The Labute approximate surface area is 137 Å². The fraction of sp³-hybridized carbons (Fsp3) is 1.00. The van der Waals surface area contributed by atoms with Crippen molar-refractivity contribution in [3.8, 4) is 0 Å². The molecular weight excluding hydrogens is 430 g/mol. The maximum absolute atomic E-state index is 9.51. The monoisotopic (exact) mass is 438 g/mol. The van der Waals surface area contributed by atoms with Crippen LogP contribution in [0.2, 0.25) is 0 Å². The highest BCUT2D eigenvalue weighted by Crippen LogP contribution is 2.61. The molecule has 1 aliphatic heterocycles. The molecule has 1 fully saturated rings. The molecular formula is C5H11Cl6O4P3. The van der Waals surface area contributed by atoms with Gasteiger partial charge in [0.15, 0.2) is 9.03 Å². The summed E-state index contributed by atoms with van der Waals surface area (Å²) in [6.45, 7) is 5.95. The maximum atomic E-state index is 9.51. The van der Waals surface area contributed by atoms with E-state index in [9.17, 15) is 9.13 Å². The zero-order valence-electron chi connectivity index (χ0n) is 9.21. The van der Waals surface area contributed by atoms with Gasteiger partial charge in [-0.3, -0.25) is 9.13 Å². The minimum Gasteiger partial charge on any atom is -0.336 e. The molecule has 112 valence electrons. The topological polar surface area (TPSA) is 52.6 Å².